The average molecular weight is 656 g/mol. The van der Waals surface area contributed by atoms with Crippen LogP contribution in [-0.4, -0.2) is 15.0 Å². The maximum atomic E-state index is 6.69. The van der Waals surface area contributed by atoms with E-state index in [2.05, 4.69) is 60.7 Å². The van der Waals surface area contributed by atoms with Gasteiger partial charge in [0, 0.05) is 37.9 Å². The molecule has 6 heteroatoms. The summed E-state index contributed by atoms with van der Waals surface area (Å²) in [6.45, 7) is 0. The molecular formula is C45H25N3O3. The van der Waals surface area contributed by atoms with Crippen molar-refractivity contribution in [1.29, 1.82) is 0 Å². The first kappa shape index (κ1) is 27.9. The first-order valence-corrected chi connectivity index (χ1v) is 16.8. The minimum Gasteiger partial charge on any atom is -0.456 e. The van der Waals surface area contributed by atoms with Gasteiger partial charge in [-0.1, -0.05) is 103 Å². The molecule has 0 spiro atoms. The Hall–Kier alpha value is -7.05. The van der Waals surface area contributed by atoms with Gasteiger partial charge in [-0.25, -0.2) is 15.0 Å². The zero-order valence-corrected chi connectivity index (χ0v) is 27.0. The minimum absolute atomic E-state index is 0.521. The Kier molecular flexibility index (Phi) is 5.86. The second-order valence-corrected chi connectivity index (χ2v) is 12.8. The monoisotopic (exact) mass is 655 g/mol. The molecule has 0 saturated heterocycles. The van der Waals surface area contributed by atoms with Crippen molar-refractivity contribution < 1.29 is 13.3 Å². The van der Waals surface area contributed by atoms with Crippen LogP contribution in [0.5, 0.6) is 0 Å². The quantitative estimate of drug-likeness (QED) is 0.188. The van der Waals surface area contributed by atoms with Crippen LogP contribution in [-0.2, 0) is 0 Å². The molecule has 7 aromatic carbocycles. The highest BCUT2D eigenvalue weighted by Crippen LogP contribution is 2.40. The molecule has 11 aromatic rings. The molecule has 0 fully saturated rings. The molecular weight excluding hydrogens is 631 g/mol. The number of rotatable bonds is 4. The first-order valence-electron chi connectivity index (χ1n) is 16.8. The fourth-order valence-corrected chi connectivity index (χ4v) is 7.32. The van der Waals surface area contributed by atoms with Crippen LogP contribution in [0.25, 0.3) is 111 Å². The van der Waals surface area contributed by atoms with Crippen LogP contribution < -0.4 is 0 Å². The molecule has 0 saturated carbocycles. The fourth-order valence-electron chi connectivity index (χ4n) is 7.32. The van der Waals surface area contributed by atoms with Crippen molar-refractivity contribution in [3.8, 4) is 45.3 Å². The number of aromatic nitrogens is 3. The Bertz CT molecular complexity index is 3150. The van der Waals surface area contributed by atoms with E-state index in [9.17, 15) is 0 Å². The highest BCUT2D eigenvalue weighted by molar-refractivity contribution is 6.11. The molecule has 0 N–H and O–H groups in total. The largest absolute Gasteiger partial charge is 0.456 e. The van der Waals surface area contributed by atoms with Gasteiger partial charge in [-0.3, -0.25) is 0 Å². The average Bonchev–Trinajstić information content (AvgIpc) is 3.88. The van der Waals surface area contributed by atoms with E-state index in [4.69, 9.17) is 28.2 Å². The van der Waals surface area contributed by atoms with Gasteiger partial charge in [0.05, 0.1) is 11.1 Å². The number of benzene rings is 7. The van der Waals surface area contributed by atoms with Crippen LogP contribution in [0.3, 0.4) is 0 Å². The second-order valence-electron chi connectivity index (χ2n) is 12.8. The van der Waals surface area contributed by atoms with Crippen LogP contribution in [0, 0.1) is 0 Å². The molecule has 4 heterocycles. The standard InChI is InChI=1S/C45H25N3O3/c1-2-10-26(11-3-1)43-46-44(35-16-8-14-33-30-13-5-7-19-38(30)50-41(33)35)48-45(47-43)36-17-9-15-34-32-23-21-28(25-40(32)51-42(34)36)27-20-22-31-29-12-4-6-18-37(29)49-39(31)24-27/h1-25H. The molecule has 0 radical (unpaired) electrons. The van der Waals surface area contributed by atoms with E-state index in [0.717, 1.165) is 93.6 Å². The van der Waals surface area contributed by atoms with E-state index >= 15 is 0 Å². The zero-order chi connectivity index (χ0) is 33.5. The number of fused-ring (bicyclic) bond motifs is 9. The molecule has 238 valence electrons. The summed E-state index contributed by atoms with van der Waals surface area (Å²) in [5.74, 6) is 1.62. The van der Waals surface area contributed by atoms with E-state index in [1.807, 2.05) is 91.0 Å². The third-order valence-electron chi connectivity index (χ3n) is 9.76. The third kappa shape index (κ3) is 4.33. The molecule has 0 aliphatic heterocycles. The summed E-state index contributed by atoms with van der Waals surface area (Å²) in [4.78, 5) is 15.1. The summed E-state index contributed by atoms with van der Waals surface area (Å²) < 4.78 is 19.3. The van der Waals surface area contributed by atoms with Gasteiger partial charge in [0.25, 0.3) is 0 Å². The lowest BCUT2D eigenvalue weighted by Crippen LogP contribution is -2.00. The Labute approximate surface area is 290 Å². The molecule has 11 rings (SSSR count). The second kappa shape index (κ2) is 10.7. The Morgan fingerprint density at radius 2 is 0.745 bits per heavy atom. The van der Waals surface area contributed by atoms with Gasteiger partial charge in [0.2, 0.25) is 0 Å². The zero-order valence-electron chi connectivity index (χ0n) is 27.0. The predicted molar refractivity (Wildman–Crippen MR) is 203 cm³/mol. The summed E-state index contributed by atoms with van der Waals surface area (Å²) in [5.41, 5.74) is 9.37. The molecule has 0 aliphatic carbocycles. The van der Waals surface area contributed by atoms with Gasteiger partial charge < -0.3 is 13.3 Å². The topological polar surface area (TPSA) is 78.1 Å². The van der Waals surface area contributed by atoms with Crippen LogP contribution in [0.4, 0.5) is 0 Å². The van der Waals surface area contributed by atoms with E-state index in [1.165, 1.54) is 0 Å². The number of hydrogen-bond donors (Lipinski definition) is 0. The van der Waals surface area contributed by atoms with Crippen LogP contribution >= 0.6 is 0 Å². The predicted octanol–water partition coefficient (Wildman–Crippen LogP) is 12.2. The first-order chi connectivity index (χ1) is 25.2. The van der Waals surface area contributed by atoms with E-state index < -0.39 is 0 Å². The third-order valence-corrected chi connectivity index (χ3v) is 9.76. The summed E-state index contributed by atoms with van der Waals surface area (Å²) in [6.07, 6.45) is 0. The maximum absolute atomic E-state index is 6.69. The molecule has 6 nitrogen and oxygen atoms in total. The lowest BCUT2D eigenvalue weighted by Gasteiger charge is -2.09. The minimum atomic E-state index is 0.521. The number of hydrogen-bond acceptors (Lipinski definition) is 6. The highest BCUT2D eigenvalue weighted by atomic mass is 16.3. The van der Waals surface area contributed by atoms with E-state index in [1.54, 1.807) is 0 Å². The highest BCUT2D eigenvalue weighted by Gasteiger charge is 2.20. The van der Waals surface area contributed by atoms with Crippen molar-refractivity contribution in [2.75, 3.05) is 0 Å². The van der Waals surface area contributed by atoms with Gasteiger partial charge in [-0.15, -0.1) is 0 Å². The molecule has 0 atom stereocenters. The SMILES string of the molecule is c1ccc(-c2nc(-c3cccc4c3oc3ccccc34)nc(-c3cccc4c3oc3cc(-c5ccc6c(c5)oc5ccccc56)ccc34)n2)cc1. The van der Waals surface area contributed by atoms with E-state index in [0.29, 0.717) is 17.5 Å². The van der Waals surface area contributed by atoms with Gasteiger partial charge in [0.15, 0.2) is 17.5 Å². The molecule has 0 bridgehead atoms. The van der Waals surface area contributed by atoms with Crippen molar-refractivity contribution in [3.63, 3.8) is 0 Å². The van der Waals surface area contributed by atoms with Crippen LogP contribution in [0.1, 0.15) is 0 Å². The normalized spacial score (nSPS) is 11.9. The van der Waals surface area contributed by atoms with Crippen molar-refractivity contribution >= 4 is 65.8 Å². The Morgan fingerprint density at radius 1 is 0.294 bits per heavy atom. The van der Waals surface area contributed by atoms with Crippen molar-refractivity contribution in [2.24, 2.45) is 0 Å². The molecule has 0 aliphatic rings. The van der Waals surface area contributed by atoms with Gasteiger partial charge in [0.1, 0.15) is 33.5 Å². The smallest absolute Gasteiger partial charge is 0.167 e. The van der Waals surface area contributed by atoms with E-state index in [-0.39, 0.29) is 0 Å². The molecule has 51 heavy (non-hydrogen) atoms. The lowest BCUT2D eigenvalue weighted by molar-refractivity contribution is 0.668. The number of furan rings is 3. The van der Waals surface area contributed by atoms with Crippen LogP contribution in [0.15, 0.2) is 165 Å². The summed E-state index contributed by atoms with van der Waals surface area (Å²) in [7, 11) is 0. The molecule has 0 unspecified atom stereocenters. The van der Waals surface area contributed by atoms with Crippen molar-refractivity contribution in [2.45, 2.75) is 0 Å². The van der Waals surface area contributed by atoms with Gasteiger partial charge >= 0.3 is 0 Å². The van der Waals surface area contributed by atoms with Crippen molar-refractivity contribution in [3.05, 3.63) is 152 Å². The fraction of sp³-hybridized carbons (Fsp3) is 0. The molecule has 4 aromatic heterocycles. The lowest BCUT2D eigenvalue weighted by atomic mass is 10.0. The summed E-state index contributed by atoms with van der Waals surface area (Å²) in [6, 6.07) is 51.1. The van der Waals surface area contributed by atoms with Gasteiger partial charge in [-0.2, -0.15) is 0 Å². The number of nitrogens with zero attached hydrogens (tertiary/aromatic N) is 3. The summed E-state index contributed by atoms with van der Waals surface area (Å²) >= 11 is 0. The Morgan fingerprint density at radius 3 is 1.39 bits per heavy atom. The van der Waals surface area contributed by atoms with Crippen LogP contribution in [0.2, 0.25) is 0 Å². The summed E-state index contributed by atoms with van der Waals surface area (Å²) in [5, 5.41) is 6.30. The van der Waals surface area contributed by atoms with Crippen molar-refractivity contribution in [1.82, 2.24) is 15.0 Å². The molecule has 0 amide bonds. The number of para-hydroxylation sites is 4. The maximum Gasteiger partial charge on any atom is 0.167 e. The van der Waals surface area contributed by atoms with Gasteiger partial charge in [-0.05, 0) is 59.7 Å². The Balaban J connectivity index is 1.09.